The Morgan fingerprint density at radius 3 is 2.31 bits per heavy atom. The lowest BCUT2D eigenvalue weighted by molar-refractivity contribution is -0.135. The highest BCUT2D eigenvalue weighted by molar-refractivity contribution is 5.83. The van der Waals surface area contributed by atoms with Gasteiger partial charge in [0.15, 0.2) is 6.04 Å². The SMILES string of the molecule is O=C(C(c1ccccc1)n1cnnn1)N1CCN(CC=Cc2ccccc2)CC1. The molecule has 0 bridgehead atoms. The quantitative estimate of drug-likeness (QED) is 0.647. The zero-order chi connectivity index (χ0) is 19.9. The molecular weight excluding hydrogens is 364 g/mol. The summed E-state index contributed by atoms with van der Waals surface area (Å²) in [5.41, 5.74) is 2.09. The van der Waals surface area contributed by atoms with Gasteiger partial charge >= 0.3 is 0 Å². The van der Waals surface area contributed by atoms with Gasteiger partial charge in [-0.15, -0.1) is 5.10 Å². The summed E-state index contributed by atoms with van der Waals surface area (Å²) < 4.78 is 1.53. The van der Waals surface area contributed by atoms with E-state index in [0.29, 0.717) is 13.1 Å². The Bertz CT molecular complexity index is 918. The number of piperazine rings is 1. The summed E-state index contributed by atoms with van der Waals surface area (Å²) >= 11 is 0. The van der Waals surface area contributed by atoms with Crippen molar-refractivity contribution in [3.05, 3.63) is 84.2 Å². The van der Waals surface area contributed by atoms with Crippen LogP contribution in [0.1, 0.15) is 17.2 Å². The third-order valence-electron chi connectivity index (χ3n) is 5.14. The van der Waals surface area contributed by atoms with E-state index in [9.17, 15) is 4.79 Å². The molecule has 7 nitrogen and oxygen atoms in total. The van der Waals surface area contributed by atoms with Crippen LogP contribution in [0.5, 0.6) is 0 Å². The fourth-order valence-electron chi connectivity index (χ4n) is 3.56. The standard InChI is InChI=1S/C22H24N6O/c29-22(21(28-18-23-24-25-28)20-11-5-2-6-12-20)27-16-14-26(15-17-27)13-7-10-19-8-3-1-4-9-19/h1-12,18,21H,13-17H2. The fourth-order valence-corrected chi connectivity index (χ4v) is 3.56. The van der Waals surface area contributed by atoms with Crippen LogP contribution in [0.4, 0.5) is 0 Å². The van der Waals surface area contributed by atoms with Gasteiger partial charge in [-0.2, -0.15) is 0 Å². The van der Waals surface area contributed by atoms with Gasteiger partial charge in [0.25, 0.3) is 5.91 Å². The molecule has 3 aromatic rings. The molecule has 1 fully saturated rings. The van der Waals surface area contributed by atoms with Crippen molar-refractivity contribution in [3.8, 4) is 0 Å². The van der Waals surface area contributed by atoms with Crippen LogP contribution in [0, 0.1) is 0 Å². The molecule has 2 aromatic carbocycles. The van der Waals surface area contributed by atoms with Crippen LogP contribution in [0.25, 0.3) is 6.08 Å². The van der Waals surface area contributed by atoms with Gasteiger partial charge in [0, 0.05) is 32.7 Å². The van der Waals surface area contributed by atoms with E-state index in [1.807, 2.05) is 53.4 Å². The molecule has 1 aliphatic heterocycles. The Labute approximate surface area is 170 Å². The summed E-state index contributed by atoms with van der Waals surface area (Å²) in [6.45, 7) is 3.98. The summed E-state index contributed by atoms with van der Waals surface area (Å²) in [6, 6.07) is 19.4. The van der Waals surface area contributed by atoms with Gasteiger partial charge in [0.05, 0.1) is 0 Å². The van der Waals surface area contributed by atoms with Crippen LogP contribution < -0.4 is 0 Å². The number of amides is 1. The minimum absolute atomic E-state index is 0.0305. The van der Waals surface area contributed by atoms with Crippen LogP contribution >= 0.6 is 0 Å². The first-order valence-electron chi connectivity index (χ1n) is 9.81. The first-order chi connectivity index (χ1) is 14.3. The highest BCUT2D eigenvalue weighted by Crippen LogP contribution is 2.20. The van der Waals surface area contributed by atoms with E-state index in [4.69, 9.17) is 0 Å². The van der Waals surface area contributed by atoms with Crippen LogP contribution in [-0.4, -0.2) is 68.6 Å². The topological polar surface area (TPSA) is 67.2 Å². The van der Waals surface area contributed by atoms with Gasteiger partial charge in [0.1, 0.15) is 6.33 Å². The molecule has 0 spiro atoms. The third kappa shape index (κ3) is 4.75. The lowest BCUT2D eigenvalue weighted by Gasteiger charge is -2.35. The average Bonchev–Trinajstić information content (AvgIpc) is 3.30. The molecule has 7 heteroatoms. The number of aromatic nitrogens is 4. The van der Waals surface area contributed by atoms with Gasteiger partial charge in [-0.1, -0.05) is 72.8 Å². The van der Waals surface area contributed by atoms with Gasteiger partial charge < -0.3 is 4.90 Å². The molecule has 2 heterocycles. The lowest BCUT2D eigenvalue weighted by atomic mass is 10.1. The highest BCUT2D eigenvalue weighted by atomic mass is 16.2. The minimum atomic E-state index is -0.532. The molecule has 148 valence electrons. The Kier molecular flexibility index (Phi) is 6.07. The lowest BCUT2D eigenvalue weighted by Crippen LogP contribution is -2.50. The van der Waals surface area contributed by atoms with Crippen LogP contribution in [0.2, 0.25) is 0 Å². The van der Waals surface area contributed by atoms with Gasteiger partial charge in [0.2, 0.25) is 0 Å². The molecule has 1 saturated heterocycles. The number of rotatable bonds is 6. The largest absolute Gasteiger partial charge is 0.338 e. The maximum atomic E-state index is 13.3. The van der Waals surface area contributed by atoms with Crippen molar-refractivity contribution in [1.29, 1.82) is 0 Å². The van der Waals surface area contributed by atoms with E-state index in [-0.39, 0.29) is 5.91 Å². The Balaban J connectivity index is 1.37. The second-order valence-corrected chi connectivity index (χ2v) is 7.04. The fraction of sp³-hybridized carbons (Fsp3) is 0.273. The number of carbonyl (C=O) groups excluding carboxylic acids is 1. The summed E-state index contributed by atoms with van der Waals surface area (Å²) in [7, 11) is 0. The molecule has 0 radical (unpaired) electrons. The van der Waals surface area contributed by atoms with Crippen molar-refractivity contribution in [1.82, 2.24) is 30.0 Å². The molecule has 4 rings (SSSR count). The molecule has 1 unspecified atom stereocenters. The molecule has 0 aliphatic carbocycles. The van der Waals surface area contributed by atoms with Crippen LogP contribution in [-0.2, 0) is 4.79 Å². The Morgan fingerprint density at radius 2 is 1.66 bits per heavy atom. The van der Waals surface area contributed by atoms with Crippen molar-refractivity contribution >= 4 is 12.0 Å². The zero-order valence-electron chi connectivity index (χ0n) is 16.2. The predicted molar refractivity (Wildman–Crippen MR) is 111 cm³/mol. The van der Waals surface area contributed by atoms with Gasteiger partial charge in [-0.3, -0.25) is 9.69 Å². The van der Waals surface area contributed by atoms with Gasteiger partial charge in [-0.25, -0.2) is 4.68 Å². The monoisotopic (exact) mass is 388 g/mol. The first kappa shape index (κ1) is 19.0. The molecular formula is C22H24N6O. The van der Waals surface area contributed by atoms with Gasteiger partial charge in [-0.05, 0) is 21.6 Å². The van der Waals surface area contributed by atoms with Crippen molar-refractivity contribution in [2.24, 2.45) is 0 Å². The molecule has 1 amide bonds. The number of carbonyl (C=O) groups is 1. The van der Waals surface area contributed by atoms with E-state index in [1.165, 1.54) is 16.6 Å². The number of benzene rings is 2. The van der Waals surface area contributed by atoms with E-state index in [1.54, 1.807) is 0 Å². The van der Waals surface area contributed by atoms with E-state index < -0.39 is 6.04 Å². The summed E-state index contributed by atoms with van der Waals surface area (Å²) in [5, 5.41) is 11.4. The molecule has 29 heavy (non-hydrogen) atoms. The van der Waals surface area contributed by atoms with E-state index in [0.717, 1.165) is 25.2 Å². The van der Waals surface area contributed by atoms with Crippen molar-refractivity contribution in [2.75, 3.05) is 32.7 Å². The normalized spacial score (nSPS) is 16.2. The predicted octanol–water partition coefficient (Wildman–Crippen LogP) is 2.12. The van der Waals surface area contributed by atoms with E-state index in [2.05, 4.69) is 44.7 Å². The highest BCUT2D eigenvalue weighted by Gasteiger charge is 2.30. The number of tetrazole rings is 1. The first-order valence-corrected chi connectivity index (χ1v) is 9.81. The Hall–Kier alpha value is -3.32. The minimum Gasteiger partial charge on any atom is -0.338 e. The summed E-state index contributed by atoms with van der Waals surface area (Å²) in [5.74, 6) is 0.0305. The molecule has 1 aliphatic rings. The third-order valence-corrected chi connectivity index (χ3v) is 5.14. The zero-order valence-corrected chi connectivity index (χ0v) is 16.2. The van der Waals surface area contributed by atoms with Crippen LogP contribution in [0.15, 0.2) is 73.1 Å². The number of nitrogens with zero attached hydrogens (tertiary/aromatic N) is 6. The second-order valence-electron chi connectivity index (χ2n) is 7.04. The average molecular weight is 388 g/mol. The molecule has 0 N–H and O–H groups in total. The maximum Gasteiger partial charge on any atom is 0.252 e. The molecule has 0 saturated carbocycles. The van der Waals surface area contributed by atoms with Crippen LogP contribution in [0.3, 0.4) is 0 Å². The second kappa shape index (κ2) is 9.25. The van der Waals surface area contributed by atoms with Crippen molar-refractivity contribution in [3.63, 3.8) is 0 Å². The smallest absolute Gasteiger partial charge is 0.252 e. The number of hydrogen-bond donors (Lipinski definition) is 0. The van der Waals surface area contributed by atoms with Crippen molar-refractivity contribution < 1.29 is 4.79 Å². The summed E-state index contributed by atoms with van der Waals surface area (Å²) in [6.07, 6.45) is 5.82. The molecule has 1 aromatic heterocycles. The molecule has 1 atom stereocenters. The van der Waals surface area contributed by atoms with Crippen molar-refractivity contribution in [2.45, 2.75) is 6.04 Å². The van der Waals surface area contributed by atoms with E-state index >= 15 is 0 Å². The summed E-state index contributed by atoms with van der Waals surface area (Å²) in [4.78, 5) is 17.6. The maximum absolute atomic E-state index is 13.3. The number of hydrogen-bond acceptors (Lipinski definition) is 5. The Morgan fingerprint density at radius 1 is 0.966 bits per heavy atom.